The molecule has 0 amide bonds. The number of benzene rings is 2. The summed E-state index contributed by atoms with van der Waals surface area (Å²) in [7, 11) is 3.05. The zero-order valence-electron chi connectivity index (χ0n) is 16.2. The summed E-state index contributed by atoms with van der Waals surface area (Å²) in [5, 5.41) is 20.6. The first-order chi connectivity index (χ1) is 14.6. The second-order valence-corrected chi connectivity index (χ2v) is 6.35. The topological polar surface area (TPSA) is 124 Å². The Labute approximate surface area is 171 Å². The number of ether oxygens (including phenoxy) is 2. The van der Waals surface area contributed by atoms with Crippen molar-refractivity contribution in [3.63, 3.8) is 0 Å². The van der Waals surface area contributed by atoms with Crippen molar-refractivity contribution in [1.29, 1.82) is 0 Å². The molecule has 10 nitrogen and oxygen atoms in total. The maximum absolute atomic E-state index is 11.3. The van der Waals surface area contributed by atoms with Gasteiger partial charge >= 0.3 is 5.97 Å². The fourth-order valence-electron chi connectivity index (χ4n) is 2.98. The number of aromatic nitrogens is 5. The summed E-state index contributed by atoms with van der Waals surface area (Å²) in [5.41, 5.74) is 3.50. The average molecular weight is 406 g/mol. The molecule has 0 saturated carbocycles. The minimum atomic E-state index is -1.07. The van der Waals surface area contributed by atoms with E-state index in [4.69, 9.17) is 9.47 Å². The van der Waals surface area contributed by atoms with Crippen molar-refractivity contribution in [3.05, 3.63) is 59.8 Å². The number of carbonyl (C=O) groups is 1. The zero-order valence-corrected chi connectivity index (χ0v) is 16.2. The van der Waals surface area contributed by atoms with E-state index >= 15 is 0 Å². The molecule has 2 aromatic carbocycles. The second kappa shape index (κ2) is 8.13. The Kier molecular flexibility index (Phi) is 5.22. The van der Waals surface area contributed by atoms with Gasteiger partial charge < -0.3 is 19.9 Å². The van der Waals surface area contributed by atoms with Crippen LogP contribution in [0.25, 0.3) is 16.9 Å². The molecule has 4 rings (SSSR count). The largest absolute Gasteiger partial charge is 0.496 e. The summed E-state index contributed by atoms with van der Waals surface area (Å²) in [6.07, 6.45) is 1.57. The highest BCUT2D eigenvalue weighted by molar-refractivity contribution is 5.91. The molecule has 0 radical (unpaired) electrons. The number of hydrogen-bond acceptors (Lipinski definition) is 8. The Hall–Kier alpha value is -4.05. The lowest BCUT2D eigenvalue weighted by Gasteiger charge is -2.09. The molecule has 152 valence electrons. The van der Waals surface area contributed by atoms with E-state index in [9.17, 15) is 9.90 Å². The van der Waals surface area contributed by atoms with Gasteiger partial charge in [0.25, 0.3) is 0 Å². The van der Waals surface area contributed by atoms with Crippen LogP contribution >= 0.6 is 0 Å². The van der Waals surface area contributed by atoms with Gasteiger partial charge in [0.1, 0.15) is 11.3 Å². The third kappa shape index (κ3) is 3.76. The van der Waals surface area contributed by atoms with Gasteiger partial charge in [0.15, 0.2) is 11.2 Å². The van der Waals surface area contributed by atoms with E-state index in [1.165, 1.54) is 13.2 Å². The third-order valence-electron chi connectivity index (χ3n) is 4.35. The Morgan fingerprint density at radius 2 is 2.07 bits per heavy atom. The number of rotatable bonds is 7. The van der Waals surface area contributed by atoms with Crippen LogP contribution in [0, 0.1) is 0 Å². The van der Waals surface area contributed by atoms with Gasteiger partial charge in [-0.2, -0.15) is 9.67 Å². The summed E-state index contributed by atoms with van der Waals surface area (Å²) in [6, 6.07) is 12.4. The van der Waals surface area contributed by atoms with Crippen LogP contribution in [-0.2, 0) is 11.3 Å². The molecule has 4 aromatic rings. The smallest absolute Gasteiger partial charge is 0.339 e. The van der Waals surface area contributed by atoms with E-state index in [1.807, 2.05) is 24.3 Å². The molecule has 0 unspecified atom stereocenters. The summed E-state index contributed by atoms with van der Waals surface area (Å²) < 4.78 is 12.0. The molecule has 10 heteroatoms. The monoisotopic (exact) mass is 406 g/mol. The summed E-state index contributed by atoms with van der Waals surface area (Å²) >= 11 is 0. The predicted molar refractivity (Wildman–Crippen MR) is 108 cm³/mol. The van der Waals surface area contributed by atoms with Gasteiger partial charge in [-0.3, -0.25) is 0 Å². The van der Waals surface area contributed by atoms with E-state index in [1.54, 1.807) is 30.1 Å². The molecule has 0 atom stereocenters. The van der Waals surface area contributed by atoms with Gasteiger partial charge in [0, 0.05) is 18.9 Å². The van der Waals surface area contributed by atoms with E-state index in [0.29, 0.717) is 29.4 Å². The lowest BCUT2D eigenvalue weighted by atomic mass is 10.2. The van der Waals surface area contributed by atoms with Crippen LogP contribution in [0.4, 0.5) is 11.6 Å². The number of carboxylic acid groups (broad SMARTS) is 1. The quantitative estimate of drug-likeness (QED) is 0.476. The van der Waals surface area contributed by atoms with Crippen molar-refractivity contribution in [2.75, 3.05) is 19.5 Å². The first-order valence-corrected chi connectivity index (χ1v) is 8.94. The van der Waals surface area contributed by atoms with Crippen molar-refractivity contribution < 1.29 is 19.4 Å². The maximum atomic E-state index is 11.3. The standard InChI is InChI=1S/C20H18N6O4/c1-29-11-12-4-3-5-14(8-12)26-18-16(24-25-26)10-21-20(23-18)22-13-6-7-15(19(27)28)17(9-13)30-2/h3-10H,11H2,1-2H3,(H,27,28)(H,21,22,23). The van der Waals surface area contributed by atoms with E-state index < -0.39 is 5.97 Å². The molecule has 0 aliphatic heterocycles. The number of fused-ring (bicyclic) bond motifs is 1. The number of anilines is 2. The molecule has 0 aliphatic carbocycles. The van der Waals surface area contributed by atoms with Crippen LogP contribution in [0.5, 0.6) is 5.75 Å². The van der Waals surface area contributed by atoms with Crippen molar-refractivity contribution in [1.82, 2.24) is 25.0 Å². The molecule has 2 aromatic heterocycles. The molecule has 0 spiro atoms. The predicted octanol–water partition coefficient (Wildman–Crippen LogP) is 2.81. The van der Waals surface area contributed by atoms with Crippen molar-refractivity contribution in [2.24, 2.45) is 0 Å². The van der Waals surface area contributed by atoms with Gasteiger partial charge in [-0.05, 0) is 29.8 Å². The molecule has 30 heavy (non-hydrogen) atoms. The summed E-state index contributed by atoms with van der Waals surface area (Å²) in [6.45, 7) is 0.483. The number of nitrogens with one attached hydrogen (secondary N) is 1. The lowest BCUT2D eigenvalue weighted by molar-refractivity contribution is 0.0693. The van der Waals surface area contributed by atoms with E-state index in [0.717, 1.165) is 11.3 Å². The number of carboxylic acids is 1. The average Bonchev–Trinajstić information content (AvgIpc) is 3.17. The van der Waals surface area contributed by atoms with Crippen molar-refractivity contribution in [3.8, 4) is 11.4 Å². The van der Waals surface area contributed by atoms with E-state index in [-0.39, 0.29) is 11.3 Å². The van der Waals surface area contributed by atoms with Crippen LogP contribution in [0.15, 0.2) is 48.7 Å². The van der Waals surface area contributed by atoms with Gasteiger partial charge in [-0.15, -0.1) is 5.10 Å². The lowest BCUT2D eigenvalue weighted by Crippen LogP contribution is -2.04. The van der Waals surface area contributed by atoms with E-state index in [2.05, 4.69) is 25.6 Å². The maximum Gasteiger partial charge on any atom is 0.339 e. The Morgan fingerprint density at radius 3 is 2.83 bits per heavy atom. The minimum absolute atomic E-state index is 0.0673. The molecular weight excluding hydrogens is 388 g/mol. The van der Waals surface area contributed by atoms with Crippen molar-refractivity contribution in [2.45, 2.75) is 6.61 Å². The highest BCUT2D eigenvalue weighted by atomic mass is 16.5. The number of hydrogen-bond donors (Lipinski definition) is 2. The fraction of sp³-hybridized carbons (Fsp3) is 0.150. The molecular formula is C20H18N6O4. The number of methoxy groups -OCH3 is 2. The van der Waals surface area contributed by atoms with Gasteiger partial charge in [0.2, 0.25) is 5.95 Å². The zero-order chi connectivity index (χ0) is 21.1. The Balaban J connectivity index is 1.68. The Bertz CT molecular complexity index is 1220. The summed E-state index contributed by atoms with van der Waals surface area (Å²) in [5.74, 6) is -0.527. The number of aromatic carboxylic acids is 1. The van der Waals surface area contributed by atoms with Gasteiger partial charge in [-0.25, -0.2) is 9.78 Å². The van der Waals surface area contributed by atoms with Crippen LogP contribution < -0.4 is 10.1 Å². The van der Waals surface area contributed by atoms with Crippen LogP contribution in [0.1, 0.15) is 15.9 Å². The molecule has 0 aliphatic rings. The molecule has 0 bridgehead atoms. The third-order valence-corrected chi connectivity index (χ3v) is 4.35. The second-order valence-electron chi connectivity index (χ2n) is 6.35. The van der Waals surface area contributed by atoms with Crippen LogP contribution in [-0.4, -0.2) is 50.3 Å². The van der Waals surface area contributed by atoms with Gasteiger partial charge in [-0.1, -0.05) is 17.3 Å². The molecule has 2 heterocycles. The highest BCUT2D eigenvalue weighted by Gasteiger charge is 2.14. The van der Waals surface area contributed by atoms with Crippen molar-refractivity contribution >= 4 is 28.8 Å². The first-order valence-electron chi connectivity index (χ1n) is 8.94. The van der Waals surface area contributed by atoms with Crippen LogP contribution in [0.2, 0.25) is 0 Å². The molecule has 0 fully saturated rings. The number of nitrogens with zero attached hydrogens (tertiary/aromatic N) is 5. The molecule has 0 saturated heterocycles. The highest BCUT2D eigenvalue weighted by Crippen LogP contribution is 2.25. The van der Waals surface area contributed by atoms with Gasteiger partial charge in [0.05, 0.1) is 25.6 Å². The molecule has 2 N–H and O–H groups in total. The Morgan fingerprint density at radius 1 is 1.20 bits per heavy atom. The normalized spacial score (nSPS) is 10.9. The minimum Gasteiger partial charge on any atom is -0.496 e. The first kappa shape index (κ1) is 19.3. The SMILES string of the molecule is COCc1cccc(-n2nnc3cnc(Nc4ccc(C(=O)O)c(OC)c4)nc32)c1. The fourth-order valence-corrected chi connectivity index (χ4v) is 2.98. The summed E-state index contributed by atoms with van der Waals surface area (Å²) in [4.78, 5) is 20.0. The van der Waals surface area contributed by atoms with Crippen LogP contribution in [0.3, 0.4) is 0 Å².